The molecule has 0 aliphatic heterocycles. The maximum Gasteiger partial charge on any atom is 0.339 e. The number of hydrogen-bond acceptors (Lipinski definition) is 5. The van der Waals surface area contributed by atoms with E-state index in [0.717, 1.165) is 18.3 Å². The number of phenols is 1. The minimum absolute atomic E-state index is 0.0183. The molecule has 0 atom stereocenters. The predicted molar refractivity (Wildman–Crippen MR) is 64.5 cm³/mol. The average molecular weight is 283 g/mol. The standard InChI is InChI=1S/C10H9N3O5S/c14-8-2-1-6(3-7(8)10(15)16)13-19(17,18)9-4-11-5-12-9/h1-5,13-14H,(H,11,12)(H,15,16). The van der Waals surface area contributed by atoms with Gasteiger partial charge in [0.15, 0.2) is 5.03 Å². The second kappa shape index (κ2) is 4.61. The number of aromatic nitrogens is 2. The number of nitrogens with one attached hydrogen (secondary N) is 2. The van der Waals surface area contributed by atoms with E-state index in [2.05, 4.69) is 14.7 Å². The Hall–Kier alpha value is -2.55. The lowest BCUT2D eigenvalue weighted by Crippen LogP contribution is -2.13. The van der Waals surface area contributed by atoms with Crippen LogP contribution in [0.15, 0.2) is 35.7 Å². The van der Waals surface area contributed by atoms with Crippen LogP contribution in [-0.4, -0.2) is 34.6 Å². The number of imidazole rings is 1. The first-order valence-corrected chi connectivity index (χ1v) is 6.46. The summed E-state index contributed by atoms with van der Waals surface area (Å²) in [6.07, 6.45) is 2.31. The zero-order valence-corrected chi connectivity index (χ0v) is 10.2. The summed E-state index contributed by atoms with van der Waals surface area (Å²) in [5, 5.41) is 18.0. The summed E-state index contributed by atoms with van der Waals surface area (Å²) < 4.78 is 25.8. The van der Waals surface area contributed by atoms with Gasteiger partial charge in [-0.15, -0.1) is 0 Å². The molecule has 1 heterocycles. The second-order valence-electron chi connectivity index (χ2n) is 3.56. The number of aromatic carboxylic acids is 1. The third-order valence-electron chi connectivity index (χ3n) is 2.24. The van der Waals surface area contributed by atoms with E-state index in [4.69, 9.17) is 5.11 Å². The van der Waals surface area contributed by atoms with Crippen LogP contribution < -0.4 is 4.72 Å². The molecule has 2 rings (SSSR count). The van der Waals surface area contributed by atoms with Gasteiger partial charge in [0.1, 0.15) is 11.3 Å². The number of carboxylic acids is 1. The molecule has 0 amide bonds. The van der Waals surface area contributed by atoms with Crippen LogP contribution in [0.1, 0.15) is 10.4 Å². The summed E-state index contributed by atoms with van der Waals surface area (Å²) in [5.41, 5.74) is -0.380. The van der Waals surface area contributed by atoms with Crippen LogP contribution >= 0.6 is 0 Å². The van der Waals surface area contributed by atoms with Crippen LogP contribution in [0.2, 0.25) is 0 Å². The Bertz CT molecular complexity index is 709. The highest BCUT2D eigenvalue weighted by molar-refractivity contribution is 7.92. The van der Waals surface area contributed by atoms with Crippen LogP contribution in [0.4, 0.5) is 5.69 Å². The molecule has 2 aromatic rings. The van der Waals surface area contributed by atoms with Gasteiger partial charge in [0.05, 0.1) is 12.5 Å². The number of aromatic amines is 1. The Morgan fingerprint density at radius 2 is 2.11 bits per heavy atom. The van der Waals surface area contributed by atoms with Gasteiger partial charge in [-0.3, -0.25) is 4.72 Å². The molecular weight excluding hydrogens is 274 g/mol. The topological polar surface area (TPSA) is 132 Å². The summed E-state index contributed by atoms with van der Waals surface area (Å²) >= 11 is 0. The molecule has 0 aliphatic carbocycles. The molecule has 4 N–H and O–H groups in total. The van der Waals surface area contributed by atoms with Crippen molar-refractivity contribution in [3.8, 4) is 5.75 Å². The van der Waals surface area contributed by atoms with E-state index >= 15 is 0 Å². The SMILES string of the molecule is O=C(O)c1cc(NS(=O)(=O)c2cnc[nH]2)ccc1O. The maximum atomic E-state index is 11.8. The number of H-pyrrole nitrogens is 1. The Labute approximate surface area is 107 Å². The van der Waals surface area contributed by atoms with Crippen molar-refractivity contribution in [1.29, 1.82) is 0 Å². The number of rotatable bonds is 4. The van der Waals surface area contributed by atoms with Crippen LogP contribution in [0, 0.1) is 0 Å². The zero-order valence-electron chi connectivity index (χ0n) is 9.36. The van der Waals surface area contributed by atoms with E-state index < -0.39 is 27.3 Å². The summed E-state index contributed by atoms with van der Waals surface area (Å²) in [6.45, 7) is 0. The molecule has 0 radical (unpaired) electrons. The van der Waals surface area contributed by atoms with Crippen LogP contribution in [0.3, 0.4) is 0 Å². The Balaban J connectivity index is 2.35. The fourth-order valence-corrected chi connectivity index (χ4v) is 2.33. The molecule has 0 spiro atoms. The van der Waals surface area contributed by atoms with Crippen molar-refractivity contribution in [1.82, 2.24) is 9.97 Å². The van der Waals surface area contributed by atoms with Gasteiger partial charge in [-0.25, -0.2) is 9.78 Å². The second-order valence-corrected chi connectivity index (χ2v) is 5.21. The summed E-state index contributed by atoms with van der Waals surface area (Å²) in [5.74, 6) is -1.81. The van der Waals surface area contributed by atoms with Gasteiger partial charge in [-0.05, 0) is 18.2 Å². The summed E-state index contributed by atoms with van der Waals surface area (Å²) in [4.78, 5) is 16.8. The smallest absolute Gasteiger partial charge is 0.339 e. The van der Waals surface area contributed by atoms with Gasteiger partial charge >= 0.3 is 5.97 Å². The molecule has 19 heavy (non-hydrogen) atoms. The Morgan fingerprint density at radius 3 is 2.68 bits per heavy atom. The monoisotopic (exact) mass is 283 g/mol. The van der Waals surface area contributed by atoms with Crippen molar-refractivity contribution in [3.05, 3.63) is 36.3 Å². The van der Waals surface area contributed by atoms with Gasteiger partial charge < -0.3 is 15.2 Å². The van der Waals surface area contributed by atoms with Crippen LogP contribution in [-0.2, 0) is 10.0 Å². The average Bonchev–Trinajstić information content (AvgIpc) is 2.85. The highest BCUT2D eigenvalue weighted by Gasteiger charge is 2.17. The van der Waals surface area contributed by atoms with Crippen molar-refractivity contribution in [2.75, 3.05) is 4.72 Å². The molecule has 8 nitrogen and oxygen atoms in total. The number of sulfonamides is 1. The number of hydrogen-bond donors (Lipinski definition) is 4. The van der Waals surface area contributed by atoms with E-state index in [1.54, 1.807) is 0 Å². The normalized spacial score (nSPS) is 11.2. The van der Waals surface area contributed by atoms with Crippen molar-refractivity contribution in [3.63, 3.8) is 0 Å². The number of carboxylic acid groups (broad SMARTS) is 1. The molecular formula is C10H9N3O5S. The van der Waals surface area contributed by atoms with Gasteiger partial charge in [-0.1, -0.05) is 0 Å². The third-order valence-corrected chi connectivity index (χ3v) is 3.55. The lowest BCUT2D eigenvalue weighted by atomic mass is 10.2. The Kier molecular flexibility index (Phi) is 3.13. The first-order chi connectivity index (χ1) is 8.90. The molecule has 100 valence electrons. The van der Waals surface area contributed by atoms with Crippen molar-refractivity contribution in [2.24, 2.45) is 0 Å². The fraction of sp³-hybridized carbons (Fsp3) is 0. The lowest BCUT2D eigenvalue weighted by Gasteiger charge is -2.07. The van der Waals surface area contributed by atoms with E-state index in [1.165, 1.54) is 12.4 Å². The molecule has 9 heteroatoms. The van der Waals surface area contributed by atoms with Gasteiger partial charge in [0.2, 0.25) is 0 Å². The molecule has 1 aromatic carbocycles. The van der Waals surface area contributed by atoms with Gasteiger partial charge in [-0.2, -0.15) is 8.42 Å². The zero-order chi connectivity index (χ0) is 14.0. The lowest BCUT2D eigenvalue weighted by molar-refractivity contribution is 0.0694. The van der Waals surface area contributed by atoms with Gasteiger partial charge in [0.25, 0.3) is 10.0 Å². The molecule has 0 saturated heterocycles. The maximum absolute atomic E-state index is 11.8. The molecule has 1 aromatic heterocycles. The minimum Gasteiger partial charge on any atom is -0.507 e. The minimum atomic E-state index is -3.87. The molecule has 0 unspecified atom stereocenters. The summed E-state index contributed by atoms with van der Waals surface area (Å²) in [6, 6.07) is 3.36. The van der Waals surface area contributed by atoms with Crippen LogP contribution in [0.5, 0.6) is 5.75 Å². The molecule has 0 aliphatic rings. The number of carbonyl (C=O) groups is 1. The molecule has 0 saturated carbocycles. The van der Waals surface area contributed by atoms with Gasteiger partial charge in [0, 0.05) is 5.69 Å². The number of nitrogens with zero attached hydrogens (tertiary/aromatic N) is 1. The van der Waals surface area contributed by atoms with E-state index in [0.29, 0.717) is 0 Å². The number of aromatic hydroxyl groups is 1. The highest BCUT2D eigenvalue weighted by atomic mass is 32.2. The predicted octanol–water partition coefficient (Wildman–Crippen LogP) is 0.614. The highest BCUT2D eigenvalue weighted by Crippen LogP contribution is 2.23. The van der Waals surface area contributed by atoms with Crippen molar-refractivity contribution in [2.45, 2.75) is 5.03 Å². The first-order valence-electron chi connectivity index (χ1n) is 4.97. The van der Waals surface area contributed by atoms with E-state index in [9.17, 15) is 18.3 Å². The Morgan fingerprint density at radius 1 is 1.37 bits per heavy atom. The van der Waals surface area contributed by atoms with Crippen LogP contribution in [0.25, 0.3) is 0 Å². The quantitative estimate of drug-likeness (QED) is 0.608. The van der Waals surface area contributed by atoms with E-state index in [1.807, 2.05) is 0 Å². The first kappa shape index (κ1) is 12.9. The number of benzene rings is 1. The van der Waals surface area contributed by atoms with E-state index in [-0.39, 0.29) is 10.7 Å². The fourth-order valence-electron chi connectivity index (χ4n) is 1.37. The van der Waals surface area contributed by atoms with Crippen molar-refractivity contribution >= 4 is 21.7 Å². The number of anilines is 1. The molecule has 0 bridgehead atoms. The third kappa shape index (κ3) is 2.65. The summed E-state index contributed by atoms with van der Waals surface area (Å²) in [7, 11) is -3.87. The largest absolute Gasteiger partial charge is 0.507 e. The molecule has 0 fully saturated rings. The van der Waals surface area contributed by atoms with Crippen molar-refractivity contribution < 1.29 is 23.4 Å².